The topological polar surface area (TPSA) is 20.7 Å². The Hall–Kier alpha value is -1.62. The monoisotopic (exact) mass is 316 g/mol. The van der Waals surface area contributed by atoms with E-state index < -0.39 is 0 Å². The van der Waals surface area contributed by atoms with Gasteiger partial charge in [0.15, 0.2) is 4.77 Å². The van der Waals surface area contributed by atoms with Crippen LogP contribution in [0.4, 0.5) is 0 Å². The van der Waals surface area contributed by atoms with Crippen LogP contribution in [-0.4, -0.2) is 9.55 Å². The molecule has 4 aromatic rings. The third-order valence-corrected chi connectivity index (χ3v) is 4.86. The van der Waals surface area contributed by atoms with Crippen LogP contribution in [0.3, 0.4) is 0 Å². The molecule has 0 radical (unpaired) electrons. The summed E-state index contributed by atoms with van der Waals surface area (Å²) in [5.74, 6) is 0. The molecular weight excluding hydrogens is 308 g/mol. The van der Waals surface area contributed by atoms with E-state index in [9.17, 15) is 0 Å². The van der Waals surface area contributed by atoms with Gasteiger partial charge in [0, 0.05) is 10.4 Å². The average Bonchev–Trinajstić information content (AvgIpc) is 3.02. The highest BCUT2D eigenvalue weighted by atomic mass is 35.5. The summed E-state index contributed by atoms with van der Waals surface area (Å²) in [5.41, 5.74) is 2.93. The quantitative estimate of drug-likeness (QED) is 0.456. The molecule has 4 rings (SSSR count). The van der Waals surface area contributed by atoms with Gasteiger partial charge < -0.3 is 4.98 Å². The van der Waals surface area contributed by atoms with Crippen LogP contribution < -0.4 is 0 Å². The van der Waals surface area contributed by atoms with Crippen molar-refractivity contribution in [1.29, 1.82) is 0 Å². The predicted octanol–water partition coefficient (Wildman–Crippen LogP) is 5.56. The van der Waals surface area contributed by atoms with Crippen molar-refractivity contribution < 1.29 is 0 Å². The summed E-state index contributed by atoms with van der Waals surface area (Å²) in [6.45, 7) is 0. The molecule has 0 aliphatic heterocycles. The molecule has 0 saturated heterocycles. The summed E-state index contributed by atoms with van der Waals surface area (Å²) in [5, 5.41) is 4.01. The van der Waals surface area contributed by atoms with Crippen LogP contribution in [0.15, 0.2) is 47.8 Å². The number of aromatic nitrogens is 2. The van der Waals surface area contributed by atoms with E-state index in [1.165, 1.54) is 10.1 Å². The number of halogens is 1. The number of benzene rings is 2. The van der Waals surface area contributed by atoms with E-state index in [2.05, 4.69) is 34.6 Å². The Bertz CT molecular complexity index is 994. The lowest BCUT2D eigenvalue weighted by Gasteiger charge is -2.05. The Kier molecular flexibility index (Phi) is 2.70. The van der Waals surface area contributed by atoms with Crippen molar-refractivity contribution >= 4 is 56.3 Å². The van der Waals surface area contributed by atoms with E-state index in [1.807, 2.05) is 22.8 Å². The van der Waals surface area contributed by atoms with Gasteiger partial charge in [-0.2, -0.15) is 0 Å². The van der Waals surface area contributed by atoms with Gasteiger partial charge in [-0.25, -0.2) is 0 Å². The zero-order valence-corrected chi connectivity index (χ0v) is 12.6. The zero-order chi connectivity index (χ0) is 13.7. The van der Waals surface area contributed by atoms with Crippen molar-refractivity contribution in [3.8, 4) is 5.69 Å². The summed E-state index contributed by atoms with van der Waals surface area (Å²) in [6.07, 6.45) is 0. The van der Waals surface area contributed by atoms with Gasteiger partial charge in [-0.3, -0.25) is 4.57 Å². The van der Waals surface area contributed by atoms with E-state index in [4.69, 9.17) is 23.8 Å². The standard InChI is InChI=1S/C15H9ClN2S2/c16-11-2-1-3-12-14(11)17-15(19)18(12)10-4-5-13-9(8-10)6-7-20-13/h1-8H,(H,17,19). The fraction of sp³-hybridized carbons (Fsp3) is 0. The maximum Gasteiger partial charge on any atom is 0.182 e. The molecule has 0 unspecified atom stereocenters. The molecule has 2 nitrogen and oxygen atoms in total. The Morgan fingerprint density at radius 2 is 2.05 bits per heavy atom. The van der Waals surface area contributed by atoms with E-state index in [-0.39, 0.29) is 0 Å². The second-order valence-corrected chi connectivity index (χ2v) is 6.28. The molecule has 2 aromatic carbocycles. The molecule has 1 N–H and O–H groups in total. The van der Waals surface area contributed by atoms with Gasteiger partial charge in [0.05, 0.1) is 16.1 Å². The SMILES string of the molecule is S=c1[nH]c2c(Cl)cccc2n1-c1ccc2sccc2c1. The maximum atomic E-state index is 6.22. The molecule has 2 heterocycles. The highest BCUT2D eigenvalue weighted by Crippen LogP contribution is 2.28. The van der Waals surface area contributed by atoms with Crippen LogP contribution >= 0.6 is 35.2 Å². The van der Waals surface area contributed by atoms with Crippen LogP contribution in [0.5, 0.6) is 0 Å². The van der Waals surface area contributed by atoms with Crippen molar-refractivity contribution in [2.75, 3.05) is 0 Å². The third-order valence-electron chi connectivity index (χ3n) is 3.36. The molecule has 0 spiro atoms. The highest BCUT2D eigenvalue weighted by Gasteiger charge is 2.09. The van der Waals surface area contributed by atoms with E-state index >= 15 is 0 Å². The number of fused-ring (bicyclic) bond motifs is 2. The maximum absolute atomic E-state index is 6.22. The summed E-state index contributed by atoms with van der Waals surface area (Å²) >= 11 is 13.4. The average molecular weight is 317 g/mol. The molecule has 20 heavy (non-hydrogen) atoms. The molecule has 98 valence electrons. The minimum absolute atomic E-state index is 0.655. The van der Waals surface area contributed by atoms with Crippen LogP contribution in [0.2, 0.25) is 5.02 Å². The van der Waals surface area contributed by atoms with Crippen molar-refractivity contribution in [2.24, 2.45) is 0 Å². The van der Waals surface area contributed by atoms with Gasteiger partial charge in [0.1, 0.15) is 0 Å². The number of rotatable bonds is 1. The van der Waals surface area contributed by atoms with Crippen LogP contribution in [0.1, 0.15) is 0 Å². The number of para-hydroxylation sites is 1. The molecule has 0 aliphatic carbocycles. The number of thiophene rings is 1. The second-order valence-electron chi connectivity index (χ2n) is 4.54. The Balaban J connectivity index is 2.08. The summed E-state index contributed by atoms with van der Waals surface area (Å²) < 4.78 is 3.95. The molecular formula is C15H9ClN2S2. The molecule has 0 bridgehead atoms. The molecule has 0 fully saturated rings. The Morgan fingerprint density at radius 3 is 2.95 bits per heavy atom. The fourth-order valence-corrected chi connectivity index (χ4v) is 3.74. The summed E-state index contributed by atoms with van der Waals surface area (Å²) in [7, 11) is 0. The normalized spacial score (nSPS) is 11.4. The van der Waals surface area contributed by atoms with Gasteiger partial charge in [-0.15, -0.1) is 11.3 Å². The van der Waals surface area contributed by atoms with Crippen molar-refractivity contribution in [2.45, 2.75) is 0 Å². The first kappa shape index (κ1) is 12.1. The zero-order valence-electron chi connectivity index (χ0n) is 10.3. The first-order valence-electron chi connectivity index (χ1n) is 6.11. The van der Waals surface area contributed by atoms with Gasteiger partial charge >= 0.3 is 0 Å². The molecule has 0 atom stereocenters. The molecule has 0 aliphatic rings. The van der Waals surface area contributed by atoms with Gasteiger partial charge in [0.2, 0.25) is 0 Å². The highest BCUT2D eigenvalue weighted by molar-refractivity contribution is 7.71. The first-order chi connectivity index (χ1) is 9.74. The lowest BCUT2D eigenvalue weighted by molar-refractivity contribution is 1.07. The minimum atomic E-state index is 0.655. The first-order valence-corrected chi connectivity index (χ1v) is 7.77. The largest absolute Gasteiger partial charge is 0.329 e. The number of nitrogens with one attached hydrogen (secondary N) is 1. The number of hydrogen-bond acceptors (Lipinski definition) is 2. The summed E-state index contributed by atoms with van der Waals surface area (Å²) in [6, 6.07) is 14.3. The van der Waals surface area contributed by atoms with Gasteiger partial charge in [-0.05, 0) is 59.4 Å². The number of imidazole rings is 1. The molecule has 0 amide bonds. The van der Waals surface area contributed by atoms with Gasteiger partial charge in [0.25, 0.3) is 0 Å². The Labute approximate surface area is 129 Å². The minimum Gasteiger partial charge on any atom is -0.329 e. The number of H-pyrrole nitrogens is 1. The summed E-state index contributed by atoms with van der Waals surface area (Å²) in [4.78, 5) is 3.18. The smallest absolute Gasteiger partial charge is 0.182 e. The number of aromatic amines is 1. The van der Waals surface area contributed by atoms with Crippen LogP contribution in [0.25, 0.3) is 26.8 Å². The second kappa shape index (κ2) is 4.45. The van der Waals surface area contributed by atoms with Crippen molar-refractivity contribution in [3.63, 3.8) is 0 Å². The van der Waals surface area contributed by atoms with E-state index in [0.29, 0.717) is 9.79 Å². The fourth-order valence-electron chi connectivity index (χ4n) is 2.44. The van der Waals surface area contributed by atoms with Crippen LogP contribution in [0, 0.1) is 4.77 Å². The van der Waals surface area contributed by atoms with E-state index in [1.54, 1.807) is 11.3 Å². The van der Waals surface area contributed by atoms with Crippen molar-refractivity contribution in [1.82, 2.24) is 9.55 Å². The molecule has 2 aromatic heterocycles. The molecule has 5 heteroatoms. The van der Waals surface area contributed by atoms with Crippen molar-refractivity contribution in [3.05, 3.63) is 57.6 Å². The van der Waals surface area contributed by atoms with Gasteiger partial charge in [-0.1, -0.05) is 17.7 Å². The molecule has 0 saturated carbocycles. The number of nitrogens with zero attached hydrogens (tertiary/aromatic N) is 1. The van der Waals surface area contributed by atoms with Crippen LogP contribution in [-0.2, 0) is 0 Å². The lowest BCUT2D eigenvalue weighted by atomic mass is 10.2. The van der Waals surface area contributed by atoms with E-state index in [0.717, 1.165) is 16.7 Å². The lowest BCUT2D eigenvalue weighted by Crippen LogP contribution is -1.93. The predicted molar refractivity (Wildman–Crippen MR) is 88.9 cm³/mol. The Morgan fingerprint density at radius 1 is 1.15 bits per heavy atom. The number of hydrogen-bond donors (Lipinski definition) is 1. The third kappa shape index (κ3) is 1.73.